The Kier molecular flexibility index (Phi) is 3.20. The second-order valence-corrected chi connectivity index (χ2v) is 4.37. The lowest BCUT2D eigenvalue weighted by molar-refractivity contribution is 0.810. The van der Waals surface area contributed by atoms with Gasteiger partial charge in [0.15, 0.2) is 17.3 Å². The minimum Gasteiger partial charge on any atom is -0.369 e. The van der Waals surface area contributed by atoms with Gasteiger partial charge in [0.1, 0.15) is 12.1 Å². The predicted octanol–water partition coefficient (Wildman–Crippen LogP) is 0.902. The first-order chi connectivity index (χ1) is 9.78. The van der Waals surface area contributed by atoms with Gasteiger partial charge in [0.25, 0.3) is 0 Å². The van der Waals surface area contributed by atoms with Gasteiger partial charge in [-0.1, -0.05) is 0 Å². The number of nitrogens with zero attached hydrogens (tertiary/aromatic N) is 6. The van der Waals surface area contributed by atoms with Crippen LogP contribution in [0.3, 0.4) is 0 Å². The normalized spacial score (nSPS) is 10.9. The van der Waals surface area contributed by atoms with Gasteiger partial charge in [0.05, 0.1) is 12.7 Å². The van der Waals surface area contributed by atoms with Gasteiger partial charge in [-0.15, -0.1) is 10.2 Å². The van der Waals surface area contributed by atoms with E-state index < -0.39 is 0 Å². The van der Waals surface area contributed by atoms with Crippen LogP contribution in [0, 0.1) is 0 Å². The number of hydrogen-bond donors (Lipinski definition) is 2. The number of nitrogens with one attached hydrogen (secondary N) is 2. The van der Waals surface area contributed by atoms with Crippen LogP contribution in [0.25, 0.3) is 5.65 Å². The van der Waals surface area contributed by atoms with Gasteiger partial charge in [-0.25, -0.2) is 9.97 Å². The number of rotatable bonds is 5. The zero-order chi connectivity index (χ0) is 13.9. The lowest BCUT2D eigenvalue weighted by atomic mass is 10.5. The molecule has 0 fully saturated rings. The van der Waals surface area contributed by atoms with Crippen molar-refractivity contribution in [3.8, 4) is 0 Å². The monoisotopic (exact) mass is 272 g/mol. The fourth-order valence-electron chi connectivity index (χ4n) is 1.95. The minimum atomic E-state index is 0.543. The molecule has 2 N–H and O–H groups in total. The number of hydrogen-bond acceptors (Lipinski definition) is 6. The predicted molar refractivity (Wildman–Crippen MR) is 75.5 cm³/mol. The maximum absolute atomic E-state index is 4.53. The topological polar surface area (TPSA) is 85.0 Å². The summed E-state index contributed by atoms with van der Waals surface area (Å²) in [6, 6.07) is 0. The van der Waals surface area contributed by atoms with Crippen LogP contribution in [0.1, 0.15) is 12.7 Å². The van der Waals surface area contributed by atoms with E-state index in [0.717, 1.165) is 29.7 Å². The molecule has 0 spiro atoms. The number of fused-ring (bicyclic) bond motifs is 1. The maximum atomic E-state index is 4.53. The molecule has 0 bridgehead atoms. The lowest BCUT2D eigenvalue weighted by Crippen LogP contribution is -2.10. The summed E-state index contributed by atoms with van der Waals surface area (Å²) in [5, 5.41) is 14.3. The average molecular weight is 272 g/mol. The summed E-state index contributed by atoms with van der Waals surface area (Å²) in [6.45, 7) is 3.39. The summed E-state index contributed by atoms with van der Waals surface area (Å²) in [4.78, 5) is 8.84. The fourth-order valence-corrected chi connectivity index (χ4v) is 1.95. The second-order valence-electron chi connectivity index (χ2n) is 4.37. The van der Waals surface area contributed by atoms with Crippen LogP contribution in [-0.2, 0) is 13.6 Å². The summed E-state index contributed by atoms with van der Waals surface area (Å²) in [5.41, 5.74) is 0.786. The average Bonchev–Trinajstić information content (AvgIpc) is 3.05. The van der Waals surface area contributed by atoms with E-state index in [0.29, 0.717) is 6.54 Å². The summed E-state index contributed by atoms with van der Waals surface area (Å²) >= 11 is 0. The number of aryl methyl sites for hydroxylation is 1. The Balaban J connectivity index is 1.89. The van der Waals surface area contributed by atoms with Crippen molar-refractivity contribution in [2.75, 3.05) is 17.2 Å². The molecule has 0 aliphatic heterocycles. The van der Waals surface area contributed by atoms with E-state index in [1.54, 1.807) is 12.5 Å². The number of aromatic nitrogens is 6. The Morgan fingerprint density at radius 1 is 1.30 bits per heavy atom. The lowest BCUT2D eigenvalue weighted by Gasteiger charge is -2.09. The molecule has 3 aromatic rings. The first-order valence-electron chi connectivity index (χ1n) is 6.42. The molecule has 0 aromatic carbocycles. The fraction of sp³-hybridized carbons (Fsp3) is 0.333. The Labute approximate surface area is 115 Å². The molecule has 0 unspecified atom stereocenters. The molecule has 3 rings (SSSR count). The van der Waals surface area contributed by atoms with Gasteiger partial charge >= 0.3 is 0 Å². The molecule has 8 heteroatoms. The van der Waals surface area contributed by atoms with E-state index >= 15 is 0 Å². The van der Waals surface area contributed by atoms with Crippen molar-refractivity contribution in [1.29, 1.82) is 0 Å². The SMILES string of the molecule is CCNc1cn2ccnc2c(NCc2nncn2C)n1. The first-order valence-corrected chi connectivity index (χ1v) is 6.42. The van der Waals surface area contributed by atoms with Crippen molar-refractivity contribution in [1.82, 2.24) is 29.1 Å². The summed E-state index contributed by atoms with van der Waals surface area (Å²) in [5.74, 6) is 2.36. The van der Waals surface area contributed by atoms with Gasteiger partial charge in [-0.3, -0.25) is 0 Å². The third kappa shape index (κ3) is 2.27. The molecule has 0 atom stereocenters. The Morgan fingerprint density at radius 3 is 2.95 bits per heavy atom. The van der Waals surface area contributed by atoms with Crippen LogP contribution in [0.5, 0.6) is 0 Å². The summed E-state index contributed by atoms with van der Waals surface area (Å²) in [7, 11) is 1.91. The van der Waals surface area contributed by atoms with E-state index in [1.165, 1.54) is 0 Å². The van der Waals surface area contributed by atoms with Crippen LogP contribution >= 0.6 is 0 Å². The highest BCUT2D eigenvalue weighted by Gasteiger charge is 2.08. The molecule has 20 heavy (non-hydrogen) atoms. The van der Waals surface area contributed by atoms with Gasteiger partial charge in [-0.2, -0.15) is 0 Å². The van der Waals surface area contributed by atoms with E-state index in [9.17, 15) is 0 Å². The minimum absolute atomic E-state index is 0.543. The van der Waals surface area contributed by atoms with Gasteiger partial charge in [0, 0.05) is 26.0 Å². The van der Waals surface area contributed by atoms with Gasteiger partial charge < -0.3 is 19.6 Å². The molecule has 0 radical (unpaired) electrons. The molecule has 0 saturated heterocycles. The Bertz CT molecular complexity index is 713. The standard InChI is InChI=1S/C12H16N8/c1-3-13-9-7-20-5-4-14-12(20)11(17-9)15-6-10-18-16-8-19(10)2/h4-5,7-8,13H,3,6H2,1-2H3,(H,15,17). The largest absolute Gasteiger partial charge is 0.369 e. The number of anilines is 2. The molecule has 0 aliphatic carbocycles. The van der Waals surface area contributed by atoms with Crippen molar-refractivity contribution in [2.24, 2.45) is 7.05 Å². The molecule has 3 aromatic heterocycles. The van der Waals surface area contributed by atoms with Gasteiger partial charge in [0.2, 0.25) is 0 Å². The molecule has 0 saturated carbocycles. The van der Waals surface area contributed by atoms with Crippen molar-refractivity contribution in [3.05, 3.63) is 30.7 Å². The number of imidazole rings is 1. The molecule has 3 heterocycles. The summed E-state index contributed by atoms with van der Waals surface area (Å²) in [6.07, 6.45) is 7.23. The van der Waals surface area contributed by atoms with Crippen molar-refractivity contribution >= 4 is 17.3 Å². The maximum Gasteiger partial charge on any atom is 0.180 e. The summed E-state index contributed by atoms with van der Waals surface area (Å²) < 4.78 is 3.80. The third-order valence-corrected chi connectivity index (χ3v) is 2.95. The van der Waals surface area contributed by atoms with Crippen LogP contribution < -0.4 is 10.6 Å². The van der Waals surface area contributed by atoms with Crippen LogP contribution in [-0.4, -0.2) is 35.7 Å². The van der Waals surface area contributed by atoms with Crippen LogP contribution in [0.4, 0.5) is 11.6 Å². The zero-order valence-electron chi connectivity index (χ0n) is 11.4. The molecule has 8 nitrogen and oxygen atoms in total. The van der Waals surface area contributed by atoms with Crippen molar-refractivity contribution < 1.29 is 0 Å². The van der Waals surface area contributed by atoms with E-state index in [-0.39, 0.29) is 0 Å². The molecular formula is C12H16N8. The van der Waals surface area contributed by atoms with Crippen LogP contribution in [0.2, 0.25) is 0 Å². The van der Waals surface area contributed by atoms with Crippen LogP contribution in [0.15, 0.2) is 24.9 Å². The highest BCUT2D eigenvalue weighted by molar-refractivity contribution is 5.65. The molecule has 104 valence electrons. The second kappa shape index (κ2) is 5.16. The van der Waals surface area contributed by atoms with Gasteiger partial charge in [-0.05, 0) is 6.92 Å². The zero-order valence-corrected chi connectivity index (χ0v) is 11.4. The Hall–Kier alpha value is -2.64. The Morgan fingerprint density at radius 2 is 2.20 bits per heavy atom. The highest BCUT2D eigenvalue weighted by atomic mass is 15.3. The van der Waals surface area contributed by atoms with Crippen molar-refractivity contribution in [2.45, 2.75) is 13.5 Å². The van der Waals surface area contributed by atoms with E-state index in [1.807, 2.05) is 35.3 Å². The molecular weight excluding hydrogens is 256 g/mol. The third-order valence-electron chi connectivity index (χ3n) is 2.95. The van der Waals surface area contributed by atoms with Crippen molar-refractivity contribution in [3.63, 3.8) is 0 Å². The van der Waals surface area contributed by atoms with E-state index in [4.69, 9.17) is 0 Å². The quantitative estimate of drug-likeness (QED) is 0.718. The molecule has 0 aliphatic rings. The molecule has 0 amide bonds. The first kappa shape index (κ1) is 12.4. The smallest absolute Gasteiger partial charge is 0.180 e. The van der Waals surface area contributed by atoms with E-state index in [2.05, 4.69) is 30.8 Å². The highest BCUT2D eigenvalue weighted by Crippen LogP contribution is 2.16.